The molecule has 0 aliphatic carbocycles. The molecule has 3 rings (SSSR count). The Bertz CT molecular complexity index is 649. The first-order valence-corrected chi connectivity index (χ1v) is 7.47. The highest BCUT2D eigenvalue weighted by atomic mass is 16.5. The van der Waals surface area contributed by atoms with E-state index >= 15 is 0 Å². The van der Waals surface area contributed by atoms with E-state index in [9.17, 15) is 4.79 Å². The van der Waals surface area contributed by atoms with Gasteiger partial charge in [-0.25, -0.2) is 4.98 Å². The SMILES string of the molecule is CCOC[C@H]1CN(C(=O)c2cc(C)on2)Cc2nccn2C1. The van der Waals surface area contributed by atoms with Crippen LogP contribution in [0.25, 0.3) is 0 Å². The number of aromatic nitrogens is 3. The van der Waals surface area contributed by atoms with Gasteiger partial charge < -0.3 is 18.7 Å². The number of hydrogen-bond donors (Lipinski definition) is 0. The summed E-state index contributed by atoms with van der Waals surface area (Å²) < 4.78 is 12.7. The second-order valence-corrected chi connectivity index (χ2v) is 5.53. The molecule has 2 aromatic heterocycles. The number of rotatable bonds is 4. The summed E-state index contributed by atoms with van der Waals surface area (Å²) in [6, 6.07) is 1.66. The number of carbonyl (C=O) groups excluding carboxylic acids is 1. The maximum absolute atomic E-state index is 12.6. The Morgan fingerprint density at radius 3 is 3.09 bits per heavy atom. The van der Waals surface area contributed by atoms with E-state index in [1.54, 1.807) is 24.1 Å². The maximum atomic E-state index is 12.6. The van der Waals surface area contributed by atoms with Crippen LogP contribution in [0.1, 0.15) is 29.0 Å². The molecule has 2 aromatic rings. The third kappa shape index (κ3) is 3.04. The minimum Gasteiger partial charge on any atom is -0.381 e. The molecule has 7 heteroatoms. The number of carbonyl (C=O) groups is 1. The molecule has 0 bridgehead atoms. The van der Waals surface area contributed by atoms with Gasteiger partial charge in [0.1, 0.15) is 11.6 Å². The Balaban J connectivity index is 1.82. The van der Waals surface area contributed by atoms with Gasteiger partial charge in [0, 0.05) is 44.1 Å². The maximum Gasteiger partial charge on any atom is 0.276 e. The van der Waals surface area contributed by atoms with Crippen molar-refractivity contribution >= 4 is 5.91 Å². The molecule has 0 aromatic carbocycles. The third-order valence-electron chi connectivity index (χ3n) is 3.76. The van der Waals surface area contributed by atoms with Gasteiger partial charge in [-0.05, 0) is 13.8 Å². The molecule has 1 aliphatic heterocycles. The number of fused-ring (bicyclic) bond motifs is 1. The molecular weight excluding hydrogens is 284 g/mol. The van der Waals surface area contributed by atoms with Crippen molar-refractivity contribution in [1.29, 1.82) is 0 Å². The van der Waals surface area contributed by atoms with Crippen LogP contribution in [0.2, 0.25) is 0 Å². The fourth-order valence-electron chi connectivity index (χ4n) is 2.71. The molecule has 0 N–H and O–H groups in total. The van der Waals surface area contributed by atoms with Crippen LogP contribution >= 0.6 is 0 Å². The Labute approximate surface area is 128 Å². The molecule has 1 atom stereocenters. The molecule has 0 spiro atoms. The largest absolute Gasteiger partial charge is 0.381 e. The van der Waals surface area contributed by atoms with Crippen molar-refractivity contribution in [2.75, 3.05) is 19.8 Å². The van der Waals surface area contributed by atoms with Gasteiger partial charge in [-0.2, -0.15) is 0 Å². The van der Waals surface area contributed by atoms with E-state index in [0.29, 0.717) is 37.8 Å². The van der Waals surface area contributed by atoms with Crippen LogP contribution in [-0.4, -0.2) is 45.3 Å². The van der Waals surface area contributed by atoms with Gasteiger partial charge in [-0.3, -0.25) is 4.79 Å². The summed E-state index contributed by atoms with van der Waals surface area (Å²) in [4.78, 5) is 18.8. The van der Waals surface area contributed by atoms with Gasteiger partial charge in [0.15, 0.2) is 5.69 Å². The summed E-state index contributed by atoms with van der Waals surface area (Å²) in [7, 11) is 0. The van der Waals surface area contributed by atoms with Crippen molar-refractivity contribution in [1.82, 2.24) is 19.6 Å². The summed E-state index contributed by atoms with van der Waals surface area (Å²) in [6.45, 7) is 6.93. The molecule has 0 unspecified atom stereocenters. The van der Waals surface area contributed by atoms with E-state index in [1.807, 2.05) is 13.1 Å². The highest BCUT2D eigenvalue weighted by Gasteiger charge is 2.27. The van der Waals surface area contributed by atoms with Gasteiger partial charge >= 0.3 is 0 Å². The molecule has 22 heavy (non-hydrogen) atoms. The summed E-state index contributed by atoms with van der Waals surface area (Å²) in [5, 5.41) is 3.83. The van der Waals surface area contributed by atoms with Crippen molar-refractivity contribution in [2.45, 2.75) is 26.9 Å². The molecule has 0 fully saturated rings. The third-order valence-corrected chi connectivity index (χ3v) is 3.76. The lowest BCUT2D eigenvalue weighted by atomic mass is 10.1. The van der Waals surface area contributed by atoms with Gasteiger partial charge in [0.25, 0.3) is 5.91 Å². The Kier molecular flexibility index (Phi) is 4.24. The quantitative estimate of drug-likeness (QED) is 0.855. The van der Waals surface area contributed by atoms with Crippen molar-refractivity contribution in [3.05, 3.63) is 35.7 Å². The molecule has 0 radical (unpaired) electrons. The van der Waals surface area contributed by atoms with Gasteiger partial charge in [0.2, 0.25) is 0 Å². The van der Waals surface area contributed by atoms with E-state index in [1.165, 1.54) is 0 Å². The fourth-order valence-corrected chi connectivity index (χ4v) is 2.71. The average molecular weight is 304 g/mol. The van der Waals surface area contributed by atoms with E-state index in [4.69, 9.17) is 9.26 Å². The van der Waals surface area contributed by atoms with Crippen LogP contribution < -0.4 is 0 Å². The van der Waals surface area contributed by atoms with Crippen LogP contribution in [0.4, 0.5) is 0 Å². The van der Waals surface area contributed by atoms with Gasteiger partial charge in [-0.15, -0.1) is 0 Å². The van der Waals surface area contributed by atoms with Crippen LogP contribution in [0.15, 0.2) is 23.0 Å². The minimum absolute atomic E-state index is 0.130. The minimum atomic E-state index is -0.130. The van der Waals surface area contributed by atoms with Gasteiger partial charge in [0.05, 0.1) is 13.2 Å². The van der Waals surface area contributed by atoms with Crippen LogP contribution in [0.3, 0.4) is 0 Å². The predicted molar refractivity (Wildman–Crippen MR) is 78.2 cm³/mol. The second-order valence-electron chi connectivity index (χ2n) is 5.53. The topological polar surface area (TPSA) is 73.4 Å². The highest BCUT2D eigenvalue weighted by molar-refractivity contribution is 5.92. The molecule has 118 valence electrons. The number of amides is 1. The molecule has 0 saturated heterocycles. The Hall–Kier alpha value is -2.15. The second kappa shape index (κ2) is 6.31. The average Bonchev–Trinajstić information content (AvgIpc) is 3.09. The molecule has 0 saturated carbocycles. The van der Waals surface area contributed by atoms with Crippen molar-refractivity contribution in [3.63, 3.8) is 0 Å². The summed E-state index contributed by atoms with van der Waals surface area (Å²) >= 11 is 0. The summed E-state index contributed by atoms with van der Waals surface area (Å²) in [6.07, 6.45) is 3.71. The number of imidazole rings is 1. The monoisotopic (exact) mass is 304 g/mol. The molecule has 3 heterocycles. The van der Waals surface area contributed by atoms with Crippen LogP contribution in [-0.2, 0) is 17.8 Å². The first-order valence-electron chi connectivity index (χ1n) is 7.47. The fraction of sp³-hybridized carbons (Fsp3) is 0.533. The van der Waals surface area contributed by atoms with Crippen molar-refractivity contribution < 1.29 is 14.1 Å². The number of aryl methyl sites for hydroxylation is 1. The van der Waals surface area contributed by atoms with Gasteiger partial charge in [-0.1, -0.05) is 5.16 Å². The standard InChI is InChI=1S/C15H20N4O3/c1-3-21-10-12-7-18-5-4-16-14(18)9-19(8-12)15(20)13-6-11(2)22-17-13/h4-6,12H,3,7-10H2,1-2H3/t12-/m1/s1. The lowest BCUT2D eigenvalue weighted by Gasteiger charge is -2.22. The zero-order chi connectivity index (χ0) is 15.5. The molecule has 1 amide bonds. The lowest BCUT2D eigenvalue weighted by molar-refractivity contribution is 0.0610. The first-order chi connectivity index (χ1) is 10.7. The predicted octanol–water partition coefficient (Wildman–Crippen LogP) is 1.49. The Morgan fingerprint density at radius 1 is 1.50 bits per heavy atom. The van der Waals surface area contributed by atoms with Crippen LogP contribution in [0.5, 0.6) is 0 Å². The summed E-state index contributed by atoms with van der Waals surface area (Å²) in [5.74, 6) is 1.61. The Morgan fingerprint density at radius 2 is 2.36 bits per heavy atom. The van der Waals surface area contributed by atoms with Crippen molar-refractivity contribution in [3.8, 4) is 0 Å². The smallest absolute Gasteiger partial charge is 0.276 e. The zero-order valence-corrected chi connectivity index (χ0v) is 12.9. The molecule has 7 nitrogen and oxygen atoms in total. The van der Waals surface area contributed by atoms with Crippen LogP contribution in [0, 0.1) is 12.8 Å². The highest BCUT2D eigenvalue weighted by Crippen LogP contribution is 2.18. The molecular formula is C15H20N4O3. The normalized spacial score (nSPS) is 18.1. The number of nitrogens with zero attached hydrogens (tertiary/aromatic N) is 4. The number of hydrogen-bond acceptors (Lipinski definition) is 5. The van der Waals surface area contributed by atoms with E-state index < -0.39 is 0 Å². The zero-order valence-electron chi connectivity index (χ0n) is 12.9. The number of ether oxygens (including phenoxy) is 1. The van der Waals surface area contributed by atoms with E-state index in [0.717, 1.165) is 12.4 Å². The molecule has 1 aliphatic rings. The van der Waals surface area contributed by atoms with E-state index in [-0.39, 0.29) is 11.8 Å². The lowest BCUT2D eigenvalue weighted by Crippen LogP contribution is -2.35. The van der Waals surface area contributed by atoms with E-state index in [2.05, 4.69) is 14.7 Å². The van der Waals surface area contributed by atoms with Crippen molar-refractivity contribution in [2.24, 2.45) is 5.92 Å². The first kappa shape index (κ1) is 14.8. The summed E-state index contributed by atoms with van der Waals surface area (Å²) in [5.41, 5.74) is 0.340.